The van der Waals surface area contributed by atoms with Gasteiger partial charge in [0, 0.05) is 16.0 Å². The molecule has 0 bridgehead atoms. The Morgan fingerprint density at radius 1 is 0.727 bits per heavy atom. The fraction of sp³-hybridized carbons (Fsp3) is 0.0500. The topological polar surface area (TPSA) is 17.1 Å². The second-order valence-electron chi connectivity index (χ2n) is 5.00. The standard InChI is InChI=1S/C20H16OS/c1-22-19-9-5-8-18(14-19)20(21)17-12-10-16(11-13-17)15-6-3-2-4-7-15/h2-14H,1H3. The highest BCUT2D eigenvalue weighted by Crippen LogP contribution is 2.22. The zero-order valence-corrected chi connectivity index (χ0v) is 13.1. The van der Waals surface area contributed by atoms with Crippen molar-refractivity contribution in [2.45, 2.75) is 4.90 Å². The molecular weight excluding hydrogens is 288 g/mol. The van der Waals surface area contributed by atoms with Gasteiger partial charge in [0.15, 0.2) is 5.78 Å². The smallest absolute Gasteiger partial charge is 0.193 e. The molecule has 0 fully saturated rings. The number of ketones is 1. The fourth-order valence-electron chi connectivity index (χ4n) is 2.38. The van der Waals surface area contributed by atoms with Gasteiger partial charge < -0.3 is 0 Å². The van der Waals surface area contributed by atoms with Crippen molar-refractivity contribution in [2.24, 2.45) is 0 Å². The summed E-state index contributed by atoms with van der Waals surface area (Å²) in [7, 11) is 0. The lowest BCUT2D eigenvalue weighted by molar-refractivity contribution is 0.103. The van der Waals surface area contributed by atoms with E-state index in [4.69, 9.17) is 0 Å². The van der Waals surface area contributed by atoms with E-state index in [0.717, 1.165) is 27.1 Å². The van der Waals surface area contributed by atoms with Gasteiger partial charge in [0.25, 0.3) is 0 Å². The number of carbonyl (C=O) groups is 1. The average molecular weight is 304 g/mol. The van der Waals surface area contributed by atoms with Crippen molar-refractivity contribution in [1.82, 2.24) is 0 Å². The molecule has 0 heterocycles. The summed E-state index contributed by atoms with van der Waals surface area (Å²) < 4.78 is 0. The summed E-state index contributed by atoms with van der Waals surface area (Å²) in [6.45, 7) is 0. The lowest BCUT2D eigenvalue weighted by Crippen LogP contribution is -2.01. The first kappa shape index (κ1) is 14.6. The van der Waals surface area contributed by atoms with Gasteiger partial charge in [0.1, 0.15) is 0 Å². The number of rotatable bonds is 4. The van der Waals surface area contributed by atoms with Crippen LogP contribution in [0.15, 0.2) is 83.8 Å². The second-order valence-corrected chi connectivity index (χ2v) is 5.88. The van der Waals surface area contributed by atoms with Gasteiger partial charge in [-0.2, -0.15) is 0 Å². The number of hydrogen-bond acceptors (Lipinski definition) is 2. The van der Waals surface area contributed by atoms with Crippen LogP contribution >= 0.6 is 11.8 Å². The molecule has 22 heavy (non-hydrogen) atoms. The third kappa shape index (κ3) is 3.12. The van der Waals surface area contributed by atoms with Gasteiger partial charge in [-0.15, -0.1) is 11.8 Å². The highest BCUT2D eigenvalue weighted by molar-refractivity contribution is 7.98. The molecule has 3 aromatic carbocycles. The zero-order chi connectivity index (χ0) is 15.4. The van der Waals surface area contributed by atoms with Crippen molar-refractivity contribution in [3.8, 4) is 11.1 Å². The predicted molar refractivity (Wildman–Crippen MR) is 93.5 cm³/mol. The second kappa shape index (κ2) is 6.63. The van der Waals surface area contributed by atoms with E-state index in [0.29, 0.717) is 0 Å². The Morgan fingerprint density at radius 3 is 2.09 bits per heavy atom. The van der Waals surface area contributed by atoms with Gasteiger partial charge in [-0.1, -0.05) is 66.7 Å². The van der Waals surface area contributed by atoms with Crippen LogP contribution in [0.25, 0.3) is 11.1 Å². The van der Waals surface area contributed by atoms with Crippen LogP contribution in [0.5, 0.6) is 0 Å². The lowest BCUT2D eigenvalue weighted by atomic mass is 9.99. The SMILES string of the molecule is CSc1cccc(C(=O)c2ccc(-c3ccccc3)cc2)c1. The molecule has 0 aliphatic carbocycles. The summed E-state index contributed by atoms with van der Waals surface area (Å²) >= 11 is 1.64. The molecule has 0 saturated carbocycles. The Kier molecular flexibility index (Phi) is 4.40. The first-order valence-corrected chi connectivity index (χ1v) is 8.34. The van der Waals surface area contributed by atoms with Crippen molar-refractivity contribution < 1.29 is 4.79 Å². The molecule has 0 aromatic heterocycles. The van der Waals surface area contributed by atoms with Gasteiger partial charge in [-0.25, -0.2) is 0 Å². The molecule has 0 aliphatic heterocycles. The normalized spacial score (nSPS) is 10.4. The molecule has 0 amide bonds. The summed E-state index contributed by atoms with van der Waals surface area (Å²) in [6.07, 6.45) is 2.01. The van der Waals surface area contributed by atoms with Crippen LogP contribution in [0.3, 0.4) is 0 Å². The van der Waals surface area contributed by atoms with E-state index in [2.05, 4.69) is 12.1 Å². The van der Waals surface area contributed by atoms with Crippen LogP contribution in [0.1, 0.15) is 15.9 Å². The first-order valence-electron chi connectivity index (χ1n) is 7.12. The van der Waals surface area contributed by atoms with Gasteiger partial charge in [-0.05, 0) is 29.5 Å². The molecular formula is C20H16OS. The van der Waals surface area contributed by atoms with E-state index >= 15 is 0 Å². The van der Waals surface area contributed by atoms with E-state index in [1.807, 2.05) is 73.0 Å². The number of thioether (sulfide) groups is 1. The van der Waals surface area contributed by atoms with Gasteiger partial charge in [-0.3, -0.25) is 4.79 Å². The van der Waals surface area contributed by atoms with Crippen molar-refractivity contribution in [3.63, 3.8) is 0 Å². The Balaban J connectivity index is 1.87. The first-order chi connectivity index (χ1) is 10.8. The predicted octanol–water partition coefficient (Wildman–Crippen LogP) is 5.31. The molecule has 2 heteroatoms. The Labute approximate surface area is 135 Å². The zero-order valence-electron chi connectivity index (χ0n) is 12.3. The van der Waals surface area contributed by atoms with Crippen molar-refractivity contribution in [3.05, 3.63) is 90.0 Å². The van der Waals surface area contributed by atoms with Crippen molar-refractivity contribution >= 4 is 17.5 Å². The monoisotopic (exact) mass is 304 g/mol. The summed E-state index contributed by atoms with van der Waals surface area (Å²) in [5.41, 5.74) is 3.73. The molecule has 0 N–H and O–H groups in total. The molecule has 0 atom stereocenters. The molecule has 1 nitrogen and oxygen atoms in total. The van der Waals surface area contributed by atoms with E-state index in [9.17, 15) is 4.79 Å². The molecule has 0 aliphatic rings. The highest BCUT2D eigenvalue weighted by Gasteiger charge is 2.09. The largest absolute Gasteiger partial charge is 0.289 e. The minimum atomic E-state index is 0.0653. The van der Waals surface area contributed by atoms with Crippen LogP contribution in [-0.4, -0.2) is 12.0 Å². The molecule has 0 radical (unpaired) electrons. The average Bonchev–Trinajstić information content (AvgIpc) is 2.62. The van der Waals surface area contributed by atoms with Crippen LogP contribution in [0.4, 0.5) is 0 Å². The van der Waals surface area contributed by atoms with Crippen LogP contribution < -0.4 is 0 Å². The third-order valence-electron chi connectivity index (χ3n) is 3.59. The van der Waals surface area contributed by atoms with E-state index < -0.39 is 0 Å². The van der Waals surface area contributed by atoms with Crippen LogP contribution in [0.2, 0.25) is 0 Å². The number of carbonyl (C=O) groups excluding carboxylic acids is 1. The van der Waals surface area contributed by atoms with E-state index in [1.165, 1.54) is 0 Å². The summed E-state index contributed by atoms with van der Waals surface area (Å²) in [5.74, 6) is 0.0653. The molecule has 0 unspecified atom stereocenters. The molecule has 0 spiro atoms. The van der Waals surface area contributed by atoms with Gasteiger partial charge >= 0.3 is 0 Å². The maximum Gasteiger partial charge on any atom is 0.193 e. The maximum atomic E-state index is 12.6. The highest BCUT2D eigenvalue weighted by atomic mass is 32.2. The Morgan fingerprint density at radius 2 is 1.41 bits per heavy atom. The minimum Gasteiger partial charge on any atom is -0.289 e. The maximum absolute atomic E-state index is 12.6. The van der Waals surface area contributed by atoms with E-state index in [1.54, 1.807) is 11.8 Å². The minimum absolute atomic E-state index is 0.0653. The van der Waals surface area contributed by atoms with E-state index in [-0.39, 0.29) is 5.78 Å². The van der Waals surface area contributed by atoms with Crippen molar-refractivity contribution in [2.75, 3.05) is 6.26 Å². The fourth-order valence-corrected chi connectivity index (χ4v) is 2.84. The van der Waals surface area contributed by atoms with Gasteiger partial charge in [0.2, 0.25) is 0 Å². The molecule has 108 valence electrons. The Hall–Kier alpha value is -2.32. The Bertz CT molecular complexity index is 776. The van der Waals surface area contributed by atoms with Crippen LogP contribution in [0, 0.1) is 0 Å². The van der Waals surface area contributed by atoms with Crippen LogP contribution in [-0.2, 0) is 0 Å². The lowest BCUT2D eigenvalue weighted by Gasteiger charge is -2.05. The number of benzene rings is 3. The summed E-state index contributed by atoms with van der Waals surface area (Å²) in [6, 6.07) is 25.7. The molecule has 3 aromatic rings. The number of hydrogen-bond donors (Lipinski definition) is 0. The quantitative estimate of drug-likeness (QED) is 0.480. The summed E-state index contributed by atoms with van der Waals surface area (Å²) in [5, 5.41) is 0. The summed E-state index contributed by atoms with van der Waals surface area (Å²) in [4.78, 5) is 13.7. The molecule has 0 saturated heterocycles. The third-order valence-corrected chi connectivity index (χ3v) is 4.31. The van der Waals surface area contributed by atoms with Gasteiger partial charge in [0.05, 0.1) is 0 Å². The molecule has 3 rings (SSSR count). The van der Waals surface area contributed by atoms with Crippen molar-refractivity contribution in [1.29, 1.82) is 0 Å².